The van der Waals surface area contributed by atoms with Crippen molar-refractivity contribution in [2.75, 3.05) is 13.1 Å². The van der Waals surface area contributed by atoms with Crippen LogP contribution < -0.4 is 0 Å². The van der Waals surface area contributed by atoms with E-state index in [1.165, 1.54) is 5.56 Å². The molecule has 0 atom stereocenters. The number of aromatic nitrogens is 5. The van der Waals surface area contributed by atoms with Gasteiger partial charge in [-0.2, -0.15) is 5.10 Å². The number of likely N-dealkylation sites (tertiary alicyclic amines) is 1. The van der Waals surface area contributed by atoms with Gasteiger partial charge in [0.05, 0.1) is 17.9 Å². The van der Waals surface area contributed by atoms with Gasteiger partial charge in [0.25, 0.3) is 0 Å². The van der Waals surface area contributed by atoms with Crippen LogP contribution in [0.25, 0.3) is 22.2 Å². The van der Waals surface area contributed by atoms with Gasteiger partial charge < -0.3 is 4.90 Å². The molecule has 164 valence electrons. The third-order valence-corrected chi connectivity index (χ3v) is 6.41. The fraction of sp³-hybridized carbons (Fsp3) is 0.360. The Hall–Kier alpha value is -3.48. The Labute approximate surface area is 187 Å². The lowest BCUT2D eigenvalue weighted by Gasteiger charge is -2.32. The molecular weight excluding hydrogens is 400 g/mol. The summed E-state index contributed by atoms with van der Waals surface area (Å²) in [5.41, 5.74) is 4.28. The molecule has 1 saturated heterocycles. The fourth-order valence-corrected chi connectivity index (χ4v) is 4.54. The van der Waals surface area contributed by atoms with Gasteiger partial charge in [-0.05, 0) is 42.9 Å². The highest BCUT2D eigenvalue weighted by molar-refractivity contribution is 5.83. The molecule has 1 fully saturated rings. The normalized spacial score (nSPS) is 14.8. The average Bonchev–Trinajstić information content (AvgIpc) is 3.44. The van der Waals surface area contributed by atoms with Crippen molar-refractivity contribution < 1.29 is 4.79 Å². The van der Waals surface area contributed by atoms with E-state index in [9.17, 15) is 4.79 Å². The second kappa shape index (κ2) is 8.94. The van der Waals surface area contributed by atoms with E-state index in [2.05, 4.69) is 50.4 Å². The zero-order chi connectivity index (χ0) is 21.9. The number of aryl methyl sites for hydroxylation is 2. The molecule has 1 aliphatic rings. The SMILES string of the molecule is Cn1cc(-c2ccc3c(cnn3CC3CCN(C(=O)CCc4ccccc4)CC3)c2)nn1. The highest BCUT2D eigenvalue weighted by atomic mass is 16.2. The number of amides is 1. The monoisotopic (exact) mass is 428 g/mol. The van der Waals surface area contributed by atoms with Crippen LogP contribution in [-0.4, -0.2) is 48.7 Å². The van der Waals surface area contributed by atoms with Gasteiger partial charge in [0, 0.05) is 44.1 Å². The van der Waals surface area contributed by atoms with Crippen molar-refractivity contribution in [2.24, 2.45) is 13.0 Å². The van der Waals surface area contributed by atoms with Gasteiger partial charge in [-0.25, -0.2) is 0 Å². The summed E-state index contributed by atoms with van der Waals surface area (Å²) in [6.07, 6.45) is 7.30. The maximum absolute atomic E-state index is 12.6. The number of fused-ring (bicyclic) bond motifs is 1. The molecule has 0 N–H and O–H groups in total. The van der Waals surface area contributed by atoms with Crippen LogP contribution in [0.15, 0.2) is 60.9 Å². The molecule has 0 bridgehead atoms. The lowest BCUT2D eigenvalue weighted by molar-refractivity contribution is -0.132. The largest absolute Gasteiger partial charge is 0.343 e. The molecule has 7 heteroatoms. The summed E-state index contributed by atoms with van der Waals surface area (Å²) in [5, 5.41) is 14.0. The first kappa shape index (κ1) is 20.4. The van der Waals surface area contributed by atoms with Crippen molar-refractivity contribution >= 4 is 16.8 Å². The lowest BCUT2D eigenvalue weighted by Crippen LogP contribution is -2.39. The summed E-state index contributed by atoms with van der Waals surface area (Å²) in [7, 11) is 1.87. The molecule has 0 aliphatic carbocycles. The molecular formula is C25H28N6O. The number of carbonyl (C=O) groups excluding carboxylic acids is 1. The minimum atomic E-state index is 0.272. The van der Waals surface area contributed by atoms with E-state index >= 15 is 0 Å². The predicted molar refractivity (Wildman–Crippen MR) is 124 cm³/mol. The fourth-order valence-electron chi connectivity index (χ4n) is 4.54. The molecule has 0 spiro atoms. The molecule has 4 aromatic rings. The molecule has 0 unspecified atom stereocenters. The third-order valence-electron chi connectivity index (χ3n) is 6.41. The van der Waals surface area contributed by atoms with Crippen LogP contribution in [0.5, 0.6) is 0 Å². The Morgan fingerprint density at radius 1 is 1.09 bits per heavy atom. The second-order valence-corrected chi connectivity index (χ2v) is 8.69. The maximum atomic E-state index is 12.6. The minimum Gasteiger partial charge on any atom is -0.343 e. The van der Waals surface area contributed by atoms with E-state index < -0.39 is 0 Å². The first-order valence-electron chi connectivity index (χ1n) is 11.3. The maximum Gasteiger partial charge on any atom is 0.222 e. The van der Waals surface area contributed by atoms with E-state index in [1.807, 2.05) is 42.5 Å². The Kier molecular flexibility index (Phi) is 5.71. The van der Waals surface area contributed by atoms with Gasteiger partial charge in [-0.15, -0.1) is 5.10 Å². The van der Waals surface area contributed by atoms with E-state index in [-0.39, 0.29) is 5.91 Å². The number of hydrogen-bond donors (Lipinski definition) is 0. The predicted octanol–water partition coefficient (Wildman–Crippen LogP) is 3.70. The van der Waals surface area contributed by atoms with Crippen LogP contribution in [0.2, 0.25) is 0 Å². The summed E-state index contributed by atoms with van der Waals surface area (Å²) >= 11 is 0. The molecule has 1 aliphatic heterocycles. The molecule has 2 aromatic carbocycles. The standard InChI is InChI=1S/C25H28N6O/c1-29-18-23(27-28-29)21-8-9-24-22(15-21)16-26-31(24)17-20-11-13-30(14-12-20)25(32)10-7-19-5-3-2-4-6-19/h2-6,8-9,15-16,18,20H,7,10-14,17H2,1H3. The van der Waals surface area contributed by atoms with Gasteiger partial charge >= 0.3 is 0 Å². The van der Waals surface area contributed by atoms with Crippen LogP contribution >= 0.6 is 0 Å². The smallest absolute Gasteiger partial charge is 0.222 e. The Bertz CT molecular complexity index is 1200. The van der Waals surface area contributed by atoms with E-state index in [1.54, 1.807) is 4.68 Å². The van der Waals surface area contributed by atoms with Gasteiger partial charge in [0.1, 0.15) is 5.69 Å². The van der Waals surface area contributed by atoms with Gasteiger partial charge in [-0.1, -0.05) is 41.6 Å². The molecule has 32 heavy (non-hydrogen) atoms. The number of nitrogens with zero attached hydrogens (tertiary/aromatic N) is 6. The second-order valence-electron chi connectivity index (χ2n) is 8.69. The Morgan fingerprint density at radius 3 is 2.66 bits per heavy atom. The van der Waals surface area contributed by atoms with Crippen LogP contribution in [0.1, 0.15) is 24.8 Å². The van der Waals surface area contributed by atoms with Crippen molar-refractivity contribution in [3.05, 3.63) is 66.5 Å². The summed E-state index contributed by atoms with van der Waals surface area (Å²) in [6, 6.07) is 16.6. The summed E-state index contributed by atoms with van der Waals surface area (Å²) in [5.74, 6) is 0.810. The lowest BCUT2D eigenvalue weighted by atomic mass is 9.96. The van der Waals surface area contributed by atoms with Crippen LogP contribution in [0, 0.1) is 5.92 Å². The number of benzene rings is 2. The van der Waals surface area contributed by atoms with Gasteiger partial charge in [0.2, 0.25) is 5.91 Å². The van der Waals surface area contributed by atoms with E-state index in [4.69, 9.17) is 0 Å². The molecule has 2 aromatic heterocycles. The van der Waals surface area contributed by atoms with Crippen molar-refractivity contribution in [1.29, 1.82) is 0 Å². The van der Waals surface area contributed by atoms with E-state index in [0.717, 1.165) is 61.1 Å². The van der Waals surface area contributed by atoms with Crippen molar-refractivity contribution in [3.8, 4) is 11.3 Å². The molecule has 7 nitrogen and oxygen atoms in total. The topological polar surface area (TPSA) is 68.8 Å². The minimum absolute atomic E-state index is 0.272. The number of piperidine rings is 1. The van der Waals surface area contributed by atoms with Crippen molar-refractivity contribution in [2.45, 2.75) is 32.2 Å². The highest BCUT2D eigenvalue weighted by Gasteiger charge is 2.23. The van der Waals surface area contributed by atoms with Crippen molar-refractivity contribution in [3.63, 3.8) is 0 Å². The van der Waals surface area contributed by atoms with Crippen LogP contribution in [-0.2, 0) is 24.8 Å². The quantitative estimate of drug-likeness (QED) is 0.470. The van der Waals surface area contributed by atoms with Crippen molar-refractivity contribution in [1.82, 2.24) is 29.7 Å². The van der Waals surface area contributed by atoms with E-state index in [0.29, 0.717) is 12.3 Å². The summed E-state index contributed by atoms with van der Waals surface area (Å²) < 4.78 is 3.81. The van der Waals surface area contributed by atoms with Crippen LogP contribution in [0.4, 0.5) is 0 Å². The molecule has 1 amide bonds. The highest BCUT2D eigenvalue weighted by Crippen LogP contribution is 2.25. The number of carbonyl (C=O) groups is 1. The first-order valence-corrected chi connectivity index (χ1v) is 11.3. The molecule has 0 saturated carbocycles. The third kappa shape index (κ3) is 4.42. The zero-order valence-electron chi connectivity index (χ0n) is 18.4. The first-order chi connectivity index (χ1) is 15.7. The van der Waals surface area contributed by atoms with Gasteiger partial charge in [-0.3, -0.25) is 14.2 Å². The summed E-state index contributed by atoms with van der Waals surface area (Å²) in [4.78, 5) is 14.7. The number of hydrogen-bond acceptors (Lipinski definition) is 4. The zero-order valence-corrected chi connectivity index (χ0v) is 18.4. The van der Waals surface area contributed by atoms with Gasteiger partial charge in [0.15, 0.2) is 0 Å². The molecule has 5 rings (SSSR count). The van der Waals surface area contributed by atoms with Crippen LogP contribution in [0.3, 0.4) is 0 Å². The Balaban J connectivity index is 1.17. The molecule has 0 radical (unpaired) electrons. The average molecular weight is 429 g/mol. The molecule has 3 heterocycles. The Morgan fingerprint density at radius 2 is 1.91 bits per heavy atom. The number of rotatable bonds is 6. The summed E-state index contributed by atoms with van der Waals surface area (Å²) in [6.45, 7) is 2.57.